The SMILES string of the molecule is C=C/C(=C\C=C/C)c1ccc(-n2c3ccccc3c3cc(-c4nc(-c5ccccc5)c5c(n4)sc4ccccc45)ccc32)cc1. The third-order valence-corrected chi connectivity index (χ3v) is 9.43. The first kappa shape index (κ1) is 27.0. The van der Waals surface area contributed by atoms with Crippen molar-refractivity contribution in [1.82, 2.24) is 14.5 Å². The van der Waals surface area contributed by atoms with Gasteiger partial charge in [0.15, 0.2) is 5.82 Å². The summed E-state index contributed by atoms with van der Waals surface area (Å²) in [5.74, 6) is 0.737. The Hall–Kier alpha value is -5.58. The zero-order valence-corrected chi connectivity index (χ0v) is 25.6. The van der Waals surface area contributed by atoms with Crippen molar-refractivity contribution in [3.63, 3.8) is 0 Å². The van der Waals surface area contributed by atoms with Crippen LogP contribution in [0.4, 0.5) is 0 Å². The van der Waals surface area contributed by atoms with Crippen LogP contribution >= 0.6 is 11.3 Å². The van der Waals surface area contributed by atoms with E-state index >= 15 is 0 Å². The highest BCUT2D eigenvalue weighted by molar-refractivity contribution is 7.25. The van der Waals surface area contributed by atoms with Gasteiger partial charge in [-0.15, -0.1) is 11.3 Å². The Labute approximate surface area is 265 Å². The van der Waals surface area contributed by atoms with Crippen LogP contribution in [0, 0.1) is 0 Å². The van der Waals surface area contributed by atoms with Gasteiger partial charge in [0.25, 0.3) is 0 Å². The van der Waals surface area contributed by atoms with E-state index in [0.29, 0.717) is 0 Å². The second-order valence-electron chi connectivity index (χ2n) is 11.0. The molecule has 0 N–H and O–H groups in total. The molecule has 0 amide bonds. The van der Waals surface area contributed by atoms with E-state index in [-0.39, 0.29) is 0 Å². The molecule has 0 aliphatic carbocycles. The lowest BCUT2D eigenvalue weighted by Gasteiger charge is -2.10. The van der Waals surface area contributed by atoms with Crippen LogP contribution in [0.2, 0.25) is 0 Å². The topological polar surface area (TPSA) is 30.7 Å². The number of rotatable bonds is 6. The summed E-state index contributed by atoms with van der Waals surface area (Å²) < 4.78 is 3.56. The monoisotopic (exact) mass is 595 g/mol. The first-order chi connectivity index (χ1) is 22.2. The molecule has 0 radical (unpaired) electrons. The fourth-order valence-corrected chi connectivity index (χ4v) is 7.31. The van der Waals surface area contributed by atoms with Crippen LogP contribution in [0.1, 0.15) is 12.5 Å². The number of para-hydroxylation sites is 1. The van der Waals surface area contributed by atoms with Crippen molar-refractivity contribution in [1.29, 1.82) is 0 Å². The Morgan fingerprint density at radius 3 is 2.24 bits per heavy atom. The van der Waals surface area contributed by atoms with Gasteiger partial charge in [-0.1, -0.05) is 110 Å². The third kappa shape index (κ3) is 4.59. The van der Waals surface area contributed by atoms with Gasteiger partial charge in [0, 0.05) is 43.1 Å². The summed E-state index contributed by atoms with van der Waals surface area (Å²) >= 11 is 1.73. The summed E-state index contributed by atoms with van der Waals surface area (Å²) in [6, 6.07) is 42.9. The van der Waals surface area contributed by atoms with Crippen molar-refractivity contribution < 1.29 is 0 Å². The van der Waals surface area contributed by atoms with E-state index in [1.165, 1.54) is 20.9 Å². The molecule has 0 spiro atoms. The average molecular weight is 596 g/mol. The molecule has 5 aromatic carbocycles. The first-order valence-electron chi connectivity index (χ1n) is 15.1. The summed E-state index contributed by atoms with van der Waals surface area (Å²) in [7, 11) is 0. The molecular weight excluding hydrogens is 567 g/mol. The lowest BCUT2D eigenvalue weighted by molar-refractivity contribution is 1.18. The van der Waals surface area contributed by atoms with Gasteiger partial charge in [0.05, 0.1) is 16.7 Å². The zero-order chi connectivity index (χ0) is 30.3. The highest BCUT2D eigenvalue weighted by atomic mass is 32.1. The van der Waals surface area contributed by atoms with E-state index in [4.69, 9.17) is 9.97 Å². The minimum absolute atomic E-state index is 0.737. The van der Waals surface area contributed by atoms with Gasteiger partial charge >= 0.3 is 0 Å². The minimum Gasteiger partial charge on any atom is -0.309 e. The highest BCUT2D eigenvalue weighted by Crippen LogP contribution is 2.40. The molecule has 0 unspecified atom stereocenters. The number of thiophene rings is 1. The summed E-state index contributed by atoms with van der Waals surface area (Å²) in [5.41, 5.74) is 8.72. The normalized spacial score (nSPS) is 12.2. The van der Waals surface area contributed by atoms with E-state index in [9.17, 15) is 0 Å². The molecule has 0 saturated carbocycles. The van der Waals surface area contributed by atoms with Gasteiger partial charge in [-0.3, -0.25) is 0 Å². The van der Waals surface area contributed by atoms with Gasteiger partial charge in [-0.25, -0.2) is 9.97 Å². The Morgan fingerprint density at radius 1 is 0.711 bits per heavy atom. The maximum Gasteiger partial charge on any atom is 0.161 e. The molecule has 3 aromatic heterocycles. The Balaban J connectivity index is 1.31. The maximum atomic E-state index is 5.24. The molecule has 214 valence electrons. The van der Waals surface area contributed by atoms with Crippen molar-refractivity contribution >= 4 is 59.0 Å². The quantitative estimate of drug-likeness (QED) is 0.179. The van der Waals surface area contributed by atoms with Crippen molar-refractivity contribution in [3.8, 4) is 28.3 Å². The number of allylic oxidation sites excluding steroid dienone is 5. The zero-order valence-electron chi connectivity index (χ0n) is 24.8. The largest absolute Gasteiger partial charge is 0.309 e. The van der Waals surface area contributed by atoms with Crippen LogP contribution in [0.5, 0.6) is 0 Å². The minimum atomic E-state index is 0.737. The number of nitrogens with zero attached hydrogens (tertiary/aromatic N) is 3. The molecule has 8 rings (SSSR count). The molecule has 3 nitrogen and oxygen atoms in total. The predicted octanol–water partition coefficient (Wildman–Crippen LogP) is 11.4. The van der Waals surface area contributed by atoms with Crippen LogP contribution in [0.25, 0.3) is 76.0 Å². The summed E-state index contributed by atoms with van der Waals surface area (Å²) in [6.07, 6.45) is 8.06. The van der Waals surface area contributed by atoms with Crippen LogP contribution in [-0.4, -0.2) is 14.5 Å². The summed E-state index contributed by atoms with van der Waals surface area (Å²) in [5, 5.41) is 4.69. The summed E-state index contributed by atoms with van der Waals surface area (Å²) in [6.45, 7) is 6.03. The van der Waals surface area contributed by atoms with Gasteiger partial charge in [-0.05, 0) is 60.5 Å². The molecule has 0 atom stereocenters. The van der Waals surface area contributed by atoms with Gasteiger partial charge in [0.2, 0.25) is 0 Å². The van der Waals surface area contributed by atoms with Gasteiger partial charge in [-0.2, -0.15) is 0 Å². The molecule has 8 aromatic rings. The standard InChI is InChI=1S/C41H29N3S/c1-3-5-13-27(4-2)28-20-23-31(24-21-28)44-35-18-11-9-16-32(35)34-26-30(22-25-36(34)44)40-42-39(29-14-7-6-8-15-29)38-33-17-10-12-19-37(33)45-41(38)43-40/h3-26H,2H2,1H3/b5-3-,27-13+. The average Bonchev–Trinajstić information content (AvgIpc) is 3.64. The van der Waals surface area contributed by atoms with Crippen molar-refractivity contribution in [2.45, 2.75) is 6.92 Å². The van der Waals surface area contributed by atoms with E-state index in [1.54, 1.807) is 11.3 Å². The number of aromatic nitrogens is 3. The molecule has 4 heteroatoms. The Bertz CT molecular complexity index is 2440. The maximum absolute atomic E-state index is 5.24. The lowest BCUT2D eigenvalue weighted by Crippen LogP contribution is -1.95. The van der Waals surface area contributed by atoms with E-state index in [2.05, 4.69) is 132 Å². The third-order valence-electron chi connectivity index (χ3n) is 8.36. The van der Waals surface area contributed by atoms with Gasteiger partial charge < -0.3 is 4.57 Å². The number of hydrogen-bond donors (Lipinski definition) is 0. The lowest BCUT2D eigenvalue weighted by atomic mass is 10.0. The molecule has 3 heterocycles. The molecule has 0 bridgehead atoms. The van der Waals surface area contributed by atoms with E-state index in [1.807, 2.05) is 31.2 Å². The second-order valence-corrected chi connectivity index (χ2v) is 12.1. The number of hydrogen-bond acceptors (Lipinski definition) is 3. The molecular formula is C41H29N3S. The highest BCUT2D eigenvalue weighted by Gasteiger charge is 2.18. The van der Waals surface area contributed by atoms with Crippen molar-refractivity contribution in [2.24, 2.45) is 0 Å². The van der Waals surface area contributed by atoms with E-state index in [0.717, 1.165) is 60.7 Å². The van der Waals surface area contributed by atoms with Crippen LogP contribution < -0.4 is 0 Å². The fraction of sp³-hybridized carbons (Fsp3) is 0.0244. The van der Waals surface area contributed by atoms with Crippen LogP contribution in [0.15, 0.2) is 152 Å². The molecule has 0 saturated heterocycles. The van der Waals surface area contributed by atoms with Crippen molar-refractivity contribution in [2.75, 3.05) is 0 Å². The molecule has 0 fully saturated rings. The Morgan fingerprint density at radius 2 is 1.44 bits per heavy atom. The number of fused-ring (bicyclic) bond motifs is 6. The van der Waals surface area contributed by atoms with E-state index < -0.39 is 0 Å². The van der Waals surface area contributed by atoms with Crippen molar-refractivity contribution in [3.05, 3.63) is 158 Å². The summed E-state index contributed by atoms with van der Waals surface area (Å²) in [4.78, 5) is 11.4. The second kappa shape index (κ2) is 11.2. The van der Waals surface area contributed by atoms with Crippen LogP contribution in [0.3, 0.4) is 0 Å². The molecule has 0 aliphatic heterocycles. The van der Waals surface area contributed by atoms with Gasteiger partial charge in [0.1, 0.15) is 4.83 Å². The Kier molecular flexibility index (Phi) is 6.70. The molecule has 0 aliphatic rings. The number of benzene rings is 5. The predicted molar refractivity (Wildman–Crippen MR) is 193 cm³/mol. The fourth-order valence-electron chi connectivity index (χ4n) is 6.23. The smallest absolute Gasteiger partial charge is 0.161 e. The first-order valence-corrected chi connectivity index (χ1v) is 15.9. The van der Waals surface area contributed by atoms with Crippen LogP contribution in [-0.2, 0) is 0 Å². The molecule has 45 heavy (non-hydrogen) atoms.